The van der Waals surface area contributed by atoms with E-state index in [2.05, 4.69) is 16.1 Å². The summed E-state index contributed by atoms with van der Waals surface area (Å²) in [6, 6.07) is 0. The summed E-state index contributed by atoms with van der Waals surface area (Å²) < 4.78 is 9.05. The van der Waals surface area contributed by atoms with Crippen molar-refractivity contribution in [1.29, 1.82) is 0 Å². The lowest BCUT2D eigenvalue weighted by molar-refractivity contribution is -0.143. The number of carbonyl (C=O) groups excluding carboxylic acids is 2. The summed E-state index contributed by atoms with van der Waals surface area (Å²) in [4.78, 5) is 20.4. The number of esters is 1. The van der Waals surface area contributed by atoms with Crippen molar-refractivity contribution in [1.82, 2.24) is 0 Å². The van der Waals surface area contributed by atoms with Crippen LogP contribution >= 0.6 is 0 Å². The number of hydrogen-bond acceptors (Lipinski definition) is 4. The molecule has 0 radical (unpaired) electrons. The lowest BCUT2D eigenvalue weighted by Gasteiger charge is -2.00. The predicted molar refractivity (Wildman–Crippen MR) is 42.4 cm³/mol. The molecule has 12 heavy (non-hydrogen) atoms. The monoisotopic (exact) mass is 172 g/mol. The van der Waals surface area contributed by atoms with Gasteiger partial charge >= 0.3 is 5.97 Å². The van der Waals surface area contributed by atoms with Crippen LogP contribution < -0.4 is 0 Å². The molecule has 4 nitrogen and oxygen atoms in total. The third-order valence-electron chi connectivity index (χ3n) is 1.07. The fourth-order valence-electron chi connectivity index (χ4n) is 0.572. The molecule has 0 unspecified atom stereocenters. The molecule has 0 aromatic carbocycles. The average molecular weight is 172 g/mol. The van der Waals surface area contributed by atoms with Crippen molar-refractivity contribution in [3.63, 3.8) is 0 Å². The van der Waals surface area contributed by atoms with Gasteiger partial charge in [-0.3, -0.25) is 9.59 Å². The molecule has 0 spiro atoms. The van der Waals surface area contributed by atoms with Gasteiger partial charge in [0.05, 0.1) is 6.61 Å². The second kappa shape index (κ2) is 7.78. The summed E-state index contributed by atoms with van der Waals surface area (Å²) in [5.41, 5.74) is 0. The largest absolute Gasteiger partial charge is 0.468 e. The molecule has 4 heteroatoms. The van der Waals surface area contributed by atoms with Gasteiger partial charge in [0, 0.05) is 6.42 Å². The van der Waals surface area contributed by atoms with E-state index < -0.39 is 0 Å². The molecule has 0 aromatic rings. The van der Waals surface area contributed by atoms with Crippen LogP contribution in [0.25, 0.3) is 0 Å². The Morgan fingerprint density at radius 2 is 2.25 bits per heavy atom. The van der Waals surface area contributed by atoms with Crippen LogP contribution in [0.1, 0.15) is 12.8 Å². The molecule has 0 aliphatic heterocycles. The number of rotatable bonds is 7. The van der Waals surface area contributed by atoms with Crippen molar-refractivity contribution in [2.24, 2.45) is 0 Å². The normalized spacial score (nSPS) is 8.67. The molecule has 0 atom stereocenters. The first-order chi connectivity index (χ1) is 5.81. The highest BCUT2D eigenvalue weighted by molar-refractivity contribution is 5.69. The molecule has 0 saturated carbocycles. The maximum absolute atomic E-state index is 10.8. The predicted octanol–water partition coefficient (Wildman–Crippen LogP) is 0.669. The first kappa shape index (κ1) is 10.7. The van der Waals surface area contributed by atoms with Crippen LogP contribution in [-0.2, 0) is 19.1 Å². The molecule has 0 bridgehead atoms. The molecule has 0 rings (SSSR count). The van der Waals surface area contributed by atoms with E-state index >= 15 is 0 Å². The van der Waals surface area contributed by atoms with Crippen LogP contribution in [0.5, 0.6) is 0 Å². The topological polar surface area (TPSA) is 52.6 Å². The van der Waals surface area contributed by atoms with E-state index in [0.29, 0.717) is 12.9 Å². The lowest BCUT2D eigenvalue weighted by Crippen LogP contribution is -2.05. The molecule has 0 fully saturated rings. The van der Waals surface area contributed by atoms with Crippen LogP contribution in [0.4, 0.5) is 0 Å². The van der Waals surface area contributed by atoms with Crippen molar-refractivity contribution in [3.05, 3.63) is 12.7 Å². The molecular weight excluding hydrogens is 160 g/mol. The molecule has 0 aliphatic rings. The summed E-state index contributed by atoms with van der Waals surface area (Å²) in [5, 5.41) is 0. The SMILES string of the molecule is C=CCOC(=O)CCCOC=O. The van der Waals surface area contributed by atoms with E-state index in [-0.39, 0.29) is 25.6 Å². The third kappa shape index (κ3) is 6.80. The molecule has 0 amide bonds. The van der Waals surface area contributed by atoms with Crippen LogP contribution in [0.2, 0.25) is 0 Å². The zero-order valence-electron chi connectivity index (χ0n) is 6.82. The molecular formula is C8H12O4. The Kier molecular flexibility index (Phi) is 6.93. The summed E-state index contributed by atoms with van der Waals surface area (Å²) in [6.07, 6.45) is 2.26. The van der Waals surface area contributed by atoms with Crippen LogP contribution in [0.15, 0.2) is 12.7 Å². The van der Waals surface area contributed by atoms with Gasteiger partial charge in [-0.1, -0.05) is 12.7 Å². The zero-order valence-corrected chi connectivity index (χ0v) is 6.82. The zero-order chi connectivity index (χ0) is 9.23. The van der Waals surface area contributed by atoms with Gasteiger partial charge in [-0.2, -0.15) is 0 Å². The Morgan fingerprint density at radius 1 is 1.50 bits per heavy atom. The van der Waals surface area contributed by atoms with E-state index in [0.717, 1.165) is 0 Å². The molecule has 0 aromatic heterocycles. The smallest absolute Gasteiger partial charge is 0.306 e. The van der Waals surface area contributed by atoms with Crippen LogP contribution in [-0.4, -0.2) is 25.7 Å². The van der Waals surface area contributed by atoms with Gasteiger partial charge in [-0.05, 0) is 6.42 Å². The lowest BCUT2D eigenvalue weighted by atomic mass is 10.3. The van der Waals surface area contributed by atoms with Gasteiger partial charge in [-0.25, -0.2) is 0 Å². The van der Waals surface area contributed by atoms with Gasteiger partial charge < -0.3 is 9.47 Å². The maximum Gasteiger partial charge on any atom is 0.306 e. The van der Waals surface area contributed by atoms with Gasteiger partial charge in [0.15, 0.2) is 0 Å². The standard InChI is InChI=1S/C8H12O4/c1-2-5-12-8(10)4-3-6-11-7-9/h2,7H,1,3-6H2. The van der Waals surface area contributed by atoms with Crippen molar-refractivity contribution >= 4 is 12.4 Å². The summed E-state index contributed by atoms with van der Waals surface area (Å²) >= 11 is 0. The first-order valence-electron chi connectivity index (χ1n) is 3.63. The minimum Gasteiger partial charge on any atom is -0.468 e. The van der Waals surface area contributed by atoms with E-state index in [1.807, 2.05) is 0 Å². The second-order valence-electron chi connectivity index (χ2n) is 2.04. The Morgan fingerprint density at radius 3 is 2.83 bits per heavy atom. The fourth-order valence-corrected chi connectivity index (χ4v) is 0.572. The maximum atomic E-state index is 10.8. The van der Waals surface area contributed by atoms with E-state index in [1.54, 1.807) is 0 Å². The Hall–Kier alpha value is -1.32. The molecule has 0 saturated heterocycles. The number of carbonyl (C=O) groups is 2. The minimum absolute atomic E-state index is 0.230. The van der Waals surface area contributed by atoms with E-state index in [1.165, 1.54) is 6.08 Å². The highest BCUT2D eigenvalue weighted by Gasteiger charge is 2.00. The Labute approximate surface area is 71.2 Å². The van der Waals surface area contributed by atoms with Gasteiger partial charge in [0.2, 0.25) is 0 Å². The van der Waals surface area contributed by atoms with Gasteiger partial charge in [-0.15, -0.1) is 0 Å². The quantitative estimate of drug-likeness (QED) is 0.245. The summed E-state index contributed by atoms with van der Waals surface area (Å²) in [7, 11) is 0. The van der Waals surface area contributed by atoms with E-state index in [4.69, 9.17) is 0 Å². The molecule has 0 N–H and O–H groups in total. The van der Waals surface area contributed by atoms with E-state index in [9.17, 15) is 9.59 Å². The highest BCUT2D eigenvalue weighted by atomic mass is 16.5. The molecule has 0 aliphatic carbocycles. The fraction of sp³-hybridized carbons (Fsp3) is 0.500. The van der Waals surface area contributed by atoms with Crippen LogP contribution in [0.3, 0.4) is 0 Å². The third-order valence-corrected chi connectivity index (χ3v) is 1.07. The summed E-state index contributed by atoms with van der Waals surface area (Å²) in [6.45, 7) is 4.24. The second-order valence-corrected chi connectivity index (χ2v) is 2.04. The average Bonchev–Trinajstić information content (AvgIpc) is 2.09. The molecule has 68 valence electrons. The van der Waals surface area contributed by atoms with Crippen molar-refractivity contribution in [2.45, 2.75) is 12.8 Å². The summed E-state index contributed by atoms with van der Waals surface area (Å²) in [5.74, 6) is -0.301. The van der Waals surface area contributed by atoms with Crippen molar-refractivity contribution in [3.8, 4) is 0 Å². The first-order valence-corrected chi connectivity index (χ1v) is 3.63. The minimum atomic E-state index is -0.301. The van der Waals surface area contributed by atoms with Crippen molar-refractivity contribution in [2.75, 3.05) is 13.2 Å². The van der Waals surface area contributed by atoms with Gasteiger partial charge in [0.25, 0.3) is 6.47 Å². The van der Waals surface area contributed by atoms with Crippen molar-refractivity contribution < 1.29 is 19.1 Å². The number of hydrogen-bond donors (Lipinski definition) is 0. The highest BCUT2D eigenvalue weighted by Crippen LogP contribution is 1.92. The van der Waals surface area contributed by atoms with Gasteiger partial charge in [0.1, 0.15) is 6.61 Å². The molecule has 0 heterocycles. The number of ether oxygens (including phenoxy) is 2. The Balaban J connectivity index is 3.19. The Bertz CT molecular complexity index is 153. The van der Waals surface area contributed by atoms with Crippen LogP contribution in [0, 0.1) is 0 Å².